The summed E-state index contributed by atoms with van der Waals surface area (Å²) in [5.74, 6) is -4.29. The van der Waals surface area contributed by atoms with E-state index in [1.165, 1.54) is 25.1 Å². The van der Waals surface area contributed by atoms with Crippen LogP contribution in [0.3, 0.4) is 0 Å². The van der Waals surface area contributed by atoms with E-state index in [9.17, 15) is 33.3 Å². The molecular formula is C18H15F2N3O6. The van der Waals surface area contributed by atoms with Crippen LogP contribution < -0.4 is 10.6 Å². The van der Waals surface area contributed by atoms with E-state index in [1.807, 2.05) is 5.32 Å². The summed E-state index contributed by atoms with van der Waals surface area (Å²) in [5, 5.41) is 15.1. The van der Waals surface area contributed by atoms with Gasteiger partial charge in [-0.3, -0.25) is 19.7 Å². The van der Waals surface area contributed by atoms with Crippen LogP contribution in [-0.4, -0.2) is 35.4 Å². The summed E-state index contributed by atoms with van der Waals surface area (Å²) in [6.07, 6.45) is 0. The largest absolute Gasteiger partial charge is 0.454 e. The lowest BCUT2D eigenvalue weighted by molar-refractivity contribution is -0.384. The molecule has 29 heavy (non-hydrogen) atoms. The number of halogens is 2. The normalized spacial score (nSPS) is 11.3. The number of hydrogen-bond donors (Lipinski definition) is 2. The number of carbonyl (C=O) groups excluding carboxylic acids is 3. The lowest BCUT2D eigenvalue weighted by Crippen LogP contribution is -2.40. The molecule has 0 aliphatic carbocycles. The van der Waals surface area contributed by atoms with Crippen LogP contribution >= 0.6 is 0 Å². The summed E-state index contributed by atoms with van der Waals surface area (Å²) in [6.45, 7) is 0.480. The minimum absolute atomic E-state index is 0.0434. The number of hydrogen-bond acceptors (Lipinski definition) is 6. The summed E-state index contributed by atoms with van der Waals surface area (Å²) < 4.78 is 31.2. The Hall–Kier alpha value is -3.89. The molecule has 0 unspecified atom stereocenters. The number of nitro groups is 1. The third kappa shape index (κ3) is 6.06. The molecule has 2 N–H and O–H groups in total. The molecule has 0 fully saturated rings. The highest BCUT2D eigenvalue weighted by Gasteiger charge is 2.20. The van der Waals surface area contributed by atoms with Crippen molar-refractivity contribution in [2.45, 2.75) is 13.0 Å². The quantitative estimate of drug-likeness (QED) is 0.411. The second-order valence-corrected chi connectivity index (χ2v) is 5.78. The summed E-state index contributed by atoms with van der Waals surface area (Å²) >= 11 is 0. The number of rotatable bonds is 7. The van der Waals surface area contributed by atoms with Crippen LogP contribution in [0.4, 0.5) is 20.2 Å². The van der Waals surface area contributed by atoms with Crippen molar-refractivity contribution < 1.29 is 32.8 Å². The highest BCUT2D eigenvalue weighted by Crippen LogP contribution is 2.15. The zero-order chi connectivity index (χ0) is 21.6. The Kier molecular flexibility index (Phi) is 6.90. The van der Waals surface area contributed by atoms with Crippen molar-refractivity contribution >= 4 is 29.2 Å². The zero-order valence-electron chi connectivity index (χ0n) is 15.0. The molecule has 0 heterocycles. The van der Waals surface area contributed by atoms with Gasteiger partial charge in [0.2, 0.25) is 0 Å². The monoisotopic (exact) mass is 407 g/mol. The number of amides is 2. The minimum Gasteiger partial charge on any atom is -0.454 e. The SMILES string of the molecule is C[C@H](NC(=O)c1cccc([N+](=O)[O-])c1)C(=O)OCC(=O)Nc1cc(F)ccc1F. The molecular weight excluding hydrogens is 392 g/mol. The van der Waals surface area contributed by atoms with E-state index in [2.05, 4.69) is 5.32 Å². The van der Waals surface area contributed by atoms with Crippen molar-refractivity contribution in [3.63, 3.8) is 0 Å². The molecule has 2 aromatic carbocycles. The second kappa shape index (κ2) is 9.35. The van der Waals surface area contributed by atoms with Gasteiger partial charge in [0, 0.05) is 23.8 Å². The zero-order valence-corrected chi connectivity index (χ0v) is 15.0. The van der Waals surface area contributed by atoms with Crippen LogP contribution in [0.25, 0.3) is 0 Å². The molecule has 0 saturated heterocycles. The first-order valence-corrected chi connectivity index (χ1v) is 8.14. The summed E-state index contributed by atoms with van der Waals surface area (Å²) in [4.78, 5) is 45.8. The molecule has 0 aliphatic heterocycles. The van der Waals surface area contributed by atoms with Crippen molar-refractivity contribution in [2.24, 2.45) is 0 Å². The lowest BCUT2D eigenvalue weighted by Gasteiger charge is -2.13. The van der Waals surface area contributed by atoms with Gasteiger partial charge in [0.1, 0.15) is 17.7 Å². The third-order valence-corrected chi connectivity index (χ3v) is 3.57. The van der Waals surface area contributed by atoms with Crippen molar-refractivity contribution in [3.05, 3.63) is 69.8 Å². The number of ether oxygens (including phenoxy) is 1. The van der Waals surface area contributed by atoms with Gasteiger partial charge in [0.25, 0.3) is 17.5 Å². The van der Waals surface area contributed by atoms with E-state index >= 15 is 0 Å². The fourth-order valence-corrected chi connectivity index (χ4v) is 2.14. The van der Waals surface area contributed by atoms with Gasteiger partial charge in [-0.1, -0.05) is 6.07 Å². The molecule has 0 aromatic heterocycles. The maximum atomic E-state index is 13.5. The van der Waals surface area contributed by atoms with E-state index in [0.717, 1.165) is 24.3 Å². The van der Waals surface area contributed by atoms with E-state index < -0.39 is 52.7 Å². The predicted molar refractivity (Wildman–Crippen MR) is 96.0 cm³/mol. The number of benzene rings is 2. The van der Waals surface area contributed by atoms with Crippen molar-refractivity contribution in [3.8, 4) is 0 Å². The number of nitrogens with one attached hydrogen (secondary N) is 2. The molecule has 2 rings (SSSR count). The molecule has 0 aliphatic rings. The molecule has 1 atom stereocenters. The van der Waals surface area contributed by atoms with E-state index in [4.69, 9.17) is 4.74 Å². The fraction of sp³-hybridized carbons (Fsp3) is 0.167. The molecule has 0 saturated carbocycles. The van der Waals surface area contributed by atoms with E-state index in [0.29, 0.717) is 0 Å². The second-order valence-electron chi connectivity index (χ2n) is 5.78. The number of nitrogens with zero attached hydrogens (tertiary/aromatic N) is 1. The standard InChI is InChI=1S/C18H15F2N3O6/c1-10(21-17(25)11-3-2-4-13(7-11)23(27)28)18(26)29-9-16(24)22-15-8-12(19)5-6-14(15)20/h2-8,10H,9H2,1H3,(H,21,25)(H,22,24)/t10-/m0/s1. The first kappa shape index (κ1) is 21.4. The molecule has 2 aromatic rings. The highest BCUT2D eigenvalue weighted by molar-refractivity contribution is 5.97. The Balaban J connectivity index is 1.87. The maximum Gasteiger partial charge on any atom is 0.328 e. The van der Waals surface area contributed by atoms with Crippen molar-refractivity contribution in [1.29, 1.82) is 0 Å². The highest BCUT2D eigenvalue weighted by atomic mass is 19.1. The summed E-state index contributed by atoms with van der Waals surface area (Å²) in [5.41, 5.74) is -0.759. The fourth-order valence-electron chi connectivity index (χ4n) is 2.14. The first-order valence-electron chi connectivity index (χ1n) is 8.14. The Morgan fingerprint density at radius 3 is 2.59 bits per heavy atom. The smallest absolute Gasteiger partial charge is 0.328 e. The number of non-ortho nitro benzene ring substituents is 1. The minimum atomic E-state index is -1.18. The van der Waals surface area contributed by atoms with Crippen molar-refractivity contribution in [1.82, 2.24) is 5.32 Å². The van der Waals surface area contributed by atoms with Gasteiger partial charge in [-0.25, -0.2) is 13.6 Å². The number of carbonyl (C=O) groups is 3. The Bertz CT molecular complexity index is 966. The summed E-state index contributed by atoms with van der Waals surface area (Å²) in [6, 6.07) is 6.15. The molecule has 0 bridgehead atoms. The average molecular weight is 407 g/mol. The molecule has 11 heteroatoms. The van der Waals surface area contributed by atoms with Crippen molar-refractivity contribution in [2.75, 3.05) is 11.9 Å². The van der Waals surface area contributed by atoms with Gasteiger partial charge in [-0.05, 0) is 25.1 Å². The molecule has 9 nitrogen and oxygen atoms in total. The summed E-state index contributed by atoms with van der Waals surface area (Å²) in [7, 11) is 0. The van der Waals surface area contributed by atoms with E-state index in [-0.39, 0.29) is 11.3 Å². The first-order chi connectivity index (χ1) is 13.7. The number of nitro benzene ring substituents is 1. The van der Waals surface area contributed by atoms with Gasteiger partial charge in [-0.2, -0.15) is 0 Å². The predicted octanol–water partition coefficient (Wildman–Crippen LogP) is 2.17. The molecule has 0 radical (unpaired) electrons. The van der Waals surface area contributed by atoms with E-state index in [1.54, 1.807) is 0 Å². The van der Waals surface area contributed by atoms with Crippen LogP contribution in [0, 0.1) is 21.7 Å². The Morgan fingerprint density at radius 2 is 1.90 bits per heavy atom. The average Bonchev–Trinajstić information content (AvgIpc) is 2.68. The topological polar surface area (TPSA) is 128 Å². The Morgan fingerprint density at radius 1 is 1.17 bits per heavy atom. The molecule has 0 spiro atoms. The number of esters is 1. The van der Waals surface area contributed by atoms with Gasteiger partial charge < -0.3 is 15.4 Å². The third-order valence-electron chi connectivity index (χ3n) is 3.57. The lowest BCUT2D eigenvalue weighted by atomic mass is 10.2. The van der Waals surface area contributed by atoms with Crippen LogP contribution in [0.5, 0.6) is 0 Å². The maximum absolute atomic E-state index is 13.5. The van der Waals surface area contributed by atoms with Crippen LogP contribution in [0.1, 0.15) is 17.3 Å². The van der Waals surface area contributed by atoms with Gasteiger partial charge in [-0.15, -0.1) is 0 Å². The van der Waals surface area contributed by atoms with Gasteiger partial charge in [0.05, 0.1) is 10.6 Å². The number of anilines is 1. The van der Waals surface area contributed by atoms with Crippen LogP contribution in [-0.2, 0) is 14.3 Å². The van der Waals surface area contributed by atoms with Crippen LogP contribution in [0.2, 0.25) is 0 Å². The van der Waals surface area contributed by atoms with Crippen LogP contribution in [0.15, 0.2) is 42.5 Å². The molecule has 2 amide bonds. The van der Waals surface area contributed by atoms with Gasteiger partial charge >= 0.3 is 5.97 Å². The molecule has 152 valence electrons. The van der Waals surface area contributed by atoms with Gasteiger partial charge in [0.15, 0.2) is 6.61 Å². The Labute approximate surface area is 162 Å².